The molecule has 6 rings (SSSR count). The van der Waals surface area contributed by atoms with Gasteiger partial charge < -0.3 is 10.2 Å². The van der Waals surface area contributed by atoms with E-state index in [9.17, 15) is 18.0 Å². The minimum Gasteiger partial charge on any atom is -0.377 e. The summed E-state index contributed by atoms with van der Waals surface area (Å²) in [5.41, 5.74) is 3.16. The average molecular weight is 623 g/mol. The molecule has 224 valence electrons. The highest BCUT2D eigenvalue weighted by molar-refractivity contribution is 7.89. The van der Waals surface area contributed by atoms with E-state index in [1.54, 1.807) is 17.7 Å². The molecule has 12 nitrogen and oxygen atoms in total. The molecule has 0 bridgehead atoms. The third-order valence-electron chi connectivity index (χ3n) is 8.31. The Kier molecular flexibility index (Phi) is 6.92. The number of amides is 1. The summed E-state index contributed by atoms with van der Waals surface area (Å²) < 4.78 is 27.0. The first-order valence-corrected chi connectivity index (χ1v) is 16.0. The average Bonchev–Trinajstić information content (AvgIpc) is 3.51. The number of hydrogen-bond acceptors (Lipinski definition) is 10. The van der Waals surface area contributed by atoms with E-state index in [2.05, 4.69) is 25.2 Å². The van der Waals surface area contributed by atoms with Crippen LogP contribution in [0.1, 0.15) is 52.4 Å². The summed E-state index contributed by atoms with van der Waals surface area (Å²) in [4.78, 5) is 46.5. The van der Waals surface area contributed by atoms with Gasteiger partial charge in [0.05, 0.1) is 28.9 Å². The Labute approximate surface area is 253 Å². The number of nitrogens with zero attached hydrogens (tertiary/aromatic N) is 6. The van der Waals surface area contributed by atoms with E-state index in [4.69, 9.17) is 16.6 Å². The maximum Gasteiger partial charge on any atom is 0.285 e. The van der Waals surface area contributed by atoms with E-state index in [-0.39, 0.29) is 27.5 Å². The molecule has 3 aromatic heterocycles. The number of aromatic nitrogens is 5. The van der Waals surface area contributed by atoms with E-state index in [0.717, 1.165) is 41.7 Å². The van der Waals surface area contributed by atoms with Crippen molar-refractivity contribution in [2.24, 2.45) is 13.0 Å². The Bertz CT molecular complexity index is 1960. The molecule has 4 heterocycles. The maximum atomic E-state index is 13.7. The standard InChI is InChI=1S/C29H31ClN8O4S/c1-15-8-20(16(2)33-22-6-7-23(30)34-25(22)26(39)36-43(5,41)42)24-21(9-15)27(40)37(4)28(35-24)38-13-18-10-29(18,14-38)19-11-31-17(3)32-12-19/h6-9,11-12,16,18,33H,10,13-14H2,1-5H3,(H,36,39)/t16-,18+,29-/m1/s1. The van der Waals surface area contributed by atoms with Gasteiger partial charge in [-0.1, -0.05) is 17.7 Å². The molecule has 3 atom stereocenters. The van der Waals surface area contributed by atoms with E-state index < -0.39 is 22.0 Å². The zero-order chi connectivity index (χ0) is 30.8. The van der Waals surface area contributed by atoms with Crippen LogP contribution in [0.3, 0.4) is 0 Å². The second-order valence-corrected chi connectivity index (χ2v) is 13.7. The monoisotopic (exact) mass is 622 g/mol. The number of halogens is 1. The smallest absolute Gasteiger partial charge is 0.285 e. The lowest BCUT2D eigenvalue weighted by molar-refractivity contribution is 0.0977. The van der Waals surface area contributed by atoms with E-state index >= 15 is 0 Å². The summed E-state index contributed by atoms with van der Waals surface area (Å²) in [6.07, 6.45) is 5.74. The highest BCUT2D eigenvalue weighted by Gasteiger charge is 2.61. The molecule has 1 aliphatic heterocycles. The number of sulfonamides is 1. The normalized spacial score (nSPS) is 20.1. The van der Waals surface area contributed by atoms with Crippen molar-refractivity contribution in [1.82, 2.24) is 29.2 Å². The topological polar surface area (TPSA) is 152 Å². The lowest BCUT2D eigenvalue weighted by Gasteiger charge is -2.25. The van der Waals surface area contributed by atoms with Gasteiger partial charge in [-0.15, -0.1) is 0 Å². The van der Waals surface area contributed by atoms with Crippen LogP contribution in [-0.4, -0.2) is 58.2 Å². The number of carbonyl (C=O) groups excluding carboxylic acids is 1. The number of fused-ring (bicyclic) bond motifs is 2. The Hall–Kier alpha value is -4.10. The second kappa shape index (κ2) is 10.3. The highest BCUT2D eigenvalue weighted by Crippen LogP contribution is 2.59. The van der Waals surface area contributed by atoms with Crippen molar-refractivity contribution in [3.05, 3.63) is 80.4 Å². The van der Waals surface area contributed by atoms with Gasteiger partial charge >= 0.3 is 0 Å². The molecule has 1 aromatic carbocycles. The van der Waals surface area contributed by atoms with Gasteiger partial charge in [-0.3, -0.25) is 14.2 Å². The first-order chi connectivity index (χ1) is 20.3. The Morgan fingerprint density at radius 2 is 1.88 bits per heavy atom. The van der Waals surface area contributed by atoms with Crippen molar-refractivity contribution in [3.8, 4) is 0 Å². The molecule has 1 amide bonds. The van der Waals surface area contributed by atoms with E-state index in [1.165, 1.54) is 6.07 Å². The minimum absolute atomic E-state index is 0.0336. The number of anilines is 2. The van der Waals surface area contributed by atoms with Crippen LogP contribution in [0.2, 0.25) is 5.15 Å². The number of benzene rings is 1. The fraction of sp³-hybridized carbons (Fsp3) is 0.379. The van der Waals surface area contributed by atoms with Gasteiger partial charge in [-0.05, 0) is 62.4 Å². The summed E-state index contributed by atoms with van der Waals surface area (Å²) in [6, 6.07) is 6.38. The van der Waals surface area contributed by atoms with Gasteiger partial charge in [0.25, 0.3) is 11.5 Å². The summed E-state index contributed by atoms with van der Waals surface area (Å²) in [6.45, 7) is 7.12. The second-order valence-electron chi connectivity index (χ2n) is 11.6. The molecule has 1 aliphatic carbocycles. The van der Waals surface area contributed by atoms with Crippen LogP contribution in [0.4, 0.5) is 11.6 Å². The van der Waals surface area contributed by atoms with Crippen molar-refractivity contribution in [2.45, 2.75) is 38.6 Å². The number of piperidine rings is 1. The van der Waals surface area contributed by atoms with Crippen LogP contribution < -0.4 is 20.5 Å². The molecular weight excluding hydrogens is 592 g/mol. The molecule has 2 N–H and O–H groups in total. The molecule has 2 aliphatic rings. The Morgan fingerprint density at radius 1 is 1.16 bits per heavy atom. The third kappa shape index (κ3) is 5.31. The Balaban J connectivity index is 1.37. The van der Waals surface area contributed by atoms with E-state index in [1.807, 2.05) is 50.0 Å². The minimum atomic E-state index is -3.83. The number of carbonyl (C=O) groups is 1. The molecule has 4 aromatic rings. The number of pyridine rings is 1. The summed E-state index contributed by atoms with van der Waals surface area (Å²) in [7, 11) is -2.09. The first kappa shape index (κ1) is 29.0. The van der Waals surface area contributed by atoms with Crippen LogP contribution in [0, 0.1) is 19.8 Å². The molecule has 0 unspecified atom stereocenters. The van der Waals surface area contributed by atoms with Crippen molar-refractivity contribution >= 4 is 50.1 Å². The SMILES string of the molecule is Cc1cc([C@@H](C)Nc2ccc(Cl)nc2C(=O)NS(C)(=O)=O)c2nc(N3C[C@@H]4C[C@@]4(c4cnc(C)nc4)C3)n(C)c(=O)c2c1. The fourth-order valence-electron chi connectivity index (χ4n) is 6.14. The lowest BCUT2D eigenvalue weighted by atomic mass is 9.98. The van der Waals surface area contributed by atoms with Gasteiger partial charge in [-0.2, -0.15) is 0 Å². The molecule has 1 saturated carbocycles. The number of hydrogen-bond donors (Lipinski definition) is 2. The number of aryl methyl sites for hydroxylation is 2. The predicted molar refractivity (Wildman–Crippen MR) is 164 cm³/mol. The molecule has 14 heteroatoms. The highest BCUT2D eigenvalue weighted by atomic mass is 35.5. The molecule has 2 fully saturated rings. The zero-order valence-corrected chi connectivity index (χ0v) is 25.9. The zero-order valence-electron chi connectivity index (χ0n) is 24.3. The van der Waals surface area contributed by atoms with Crippen LogP contribution in [-0.2, 0) is 22.5 Å². The predicted octanol–water partition coefficient (Wildman–Crippen LogP) is 3.03. The van der Waals surface area contributed by atoms with Crippen molar-refractivity contribution in [3.63, 3.8) is 0 Å². The van der Waals surface area contributed by atoms with Gasteiger partial charge in [0.1, 0.15) is 11.0 Å². The van der Waals surface area contributed by atoms with Crippen LogP contribution in [0.25, 0.3) is 10.9 Å². The largest absolute Gasteiger partial charge is 0.377 e. The number of nitrogens with one attached hydrogen (secondary N) is 2. The molecule has 0 spiro atoms. The summed E-state index contributed by atoms with van der Waals surface area (Å²) in [5, 5.41) is 3.77. The van der Waals surface area contributed by atoms with Gasteiger partial charge in [0.15, 0.2) is 5.69 Å². The van der Waals surface area contributed by atoms with Crippen LogP contribution >= 0.6 is 11.6 Å². The van der Waals surface area contributed by atoms with Gasteiger partial charge in [0, 0.05) is 43.5 Å². The van der Waals surface area contributed by atoms with E-state index in [0.29, 0.717) is 29.3 Å². The van der Waals surface area contributed by atoms with Crippen molar-refractivity contribution < 1.29 is 13.2 Å². The Morgan fingerprint density at radius 3 is 2.58 bits per heavy atom. The molecular formula is C29H31ClN8O4S. The fourth-order valence-corrected chi connectivity index (χ4v) is 6.72. The first-order valence-electron chi connectivity index (χ1n) is 13.8. The van der Waals surface area contributed by atoms with Gasteiger partial charge in [0.2, 0.25) is 16.0 Å². The molecule has 0 radical (unpaired) electrons. The molecule has 43 heavy (non-hydrogen) atoms. The summed E-state index contributed by atoms with van der Waals surface area (Å²) >= 11 is 6.04. The van der Waals surface area contributed by atoms with Crippen LogP contribution in [0.15, 0.2) is 41.5 Å². The lowest BCUT2D eigenvalue weighted by Crippen LogP contribution is -2.33. The summed E-state index contributed by atoms with van der Waals surface area (Å²) in [5.74, 6) is 0.826. The van der Waals surface area contributed by atoms with Crippen molar-refractivity contribution in [2.75, 3.05) is 29.6 Å². The van der Waals surface area contributed by atoms with Crippen LogP contribution in [0.5, 0.6) is 0 Å². The van der Waals surface area contributed by atoms with Gasteiger partial charge in [-0.25, -0.2) is 33.1 Å². The maximum absolute atomic E-state index is 13.7. The third-order valence-corrected chi connectivity index (χ3v) is 9.07. The quantitative estimate of drug-likeness (QED) is 0.294. The number of rotatable bonds is 7. The molecule has 1 saturated heterocycles. The van der Waals surface area contributed by atoms with Crippen molar-refractivity contribution in [1.29, 1.82) is 0 Å².